The lowest BCUT2D eigenvalue weighted by atomic mass is 10.1. The number of aryl methyl sites for hydroxylation is 2. The summed E-state index contributed by atoms with van der Waals surface area (Å²) < 4.78 is 7.54. The first-order valence-corrected chi connectivity index (χ1v) is 10.8. The zero-order valence-electron chi connectivity index (χ0n) is 17.9. The molecule has 1 aliphatic heterocycles. The van der Waals surface area contributed by atoms with Gasteiger partial charge >= 0.3 is 0 Å². The van der Waals surface area contributed by atoms with Crippen LogP contribution in [0.1, 0.15) is 34.2 Å². The van der Waals surface area contributed by atoms with E-state index in [1.807, 2.05) is 35.1 Å². The van der Waals surface area contributed by atoms with Gasteiger partial charge in [-0.1, -0.05) is 18.2 Å². The molecule has 1 N–H and O–H groups in total. The number of nitrogens with one attached hydrogen (secondary N) is 1. The number of carbonyl (C=O) groups excluding carboxylic acids is 1. The molecule has 0 bridgehead atoms. The molecular formula is C25H25N5O2. The quantitative estimate of drug-likeness (QED) is 0.475. The molecule has 162 valence electrons. The Labute approximate surface area is 186 Å². The molecule has 1 amide bonds. The van der Waals surface area contributed by atoms with Crippen LogP contribution >= 0.6 is 0 Å². The molecule has 1 unspecified atom stereocenters. The van der Waals surface area contributed by atoms with Gasteiger partial charge in [0.2, 0.25) is 0 Å². The molecule has 0 saturated carbocycles. The molecule has 0 fully saturated rings. The third-order valence-electron chi connectivity index (χ3n) is 5.91. The van der Waals surface area contributed by atoms with Crippen LogP contribution in [0.2, 0.25) is 0 Å². The van der Waals surface area contributed by atoms with Crippen molar-refractivity contribution in [2.75, 3.05) is 10.2 Å². The number of hydrogen-bond acceptors (Lipinski definition) is 5. The van der Waals surface area contributed by atoms with Gasteiger partial charge in [-0.3, -0.25) is 14.5 Å². The minimum Gasteiger partial charge on any atom is -0.467 e. The molecule has 1 aromatic carbocycles. The molecule has 4 aromatic rings. The lowest BCUT2D eigenvalue weighted by Crippen LogP contribution is -2.29. The van der Waals surface area contributed by atoms with Crippen molar-refractivity contribution in [1.29, 1.82) is 0 Å². The highest BCUT2D eigenvalue weighted by Crippen LogP contribution is 2.33. The first-order valence-electron chi connectivity index (χ1n) is 10.8. The molecule has 7 nitrogen and oxygen atoms in total. The van der Waals surface area contributed by atoms with Crippen molar-refractivity contribution in [2.45, 2.75) is 38.9 Å². The van der Waals surface area contributed by atoms with Crippen molar-refractivity contribution in [3.05, 3.63) is 95.8 Å². The molecule has 0 aliphatic carbocycles. The van der Waals surface area contributed by atoms with Crippen LogP contribution < -0.4 is 10.2 Å². The van der Waals surface area contributed by atoms with Gasteiger partial charge < -0.3 is 14.6 Å². The van der Waals surface area contributed by atoms with Gasteiger partial charge in [-0.25, -0.2) is 0 Å². The molecule has 0 saturated heterocycles. The molecule has 0 spiro atoms. The maximum atomic E-state index is 12.9. The Balaban J connectivity index is 1.24. The highest BCUT2D eigenvalue weighted by atomic mass is 16.3. The summed E-state index contributed by atoms with van der Waals surface area (Å²) in [7, 11) is 0. The zero-order valence-corrected chi connectivity index (χ0v) is 17.9. The van der Waals surface area contributed by atoms with Gasteiger partial charge in [0.05, 0.1) is 18.4 Å². The van der Waals surface area contributed by atoms with Gasteiger partial charge in [0.1, 0.15) is 5.76 Å². The Hall–Kier alpha value is -3.87. The average Bonchev–Trinajstić information content (AvgIpc) is 3.53. The molecule has 0 radical (unpaired) electrons. The van der Waals surface area contributed by atoms with Crippen LogP contribution in [0.15, 0.2) is 77.8 Å². The van der Waals surface area contributed by atoms with Crippen molar-refractivity contribution in [2.24, 2.45) is 0 Å². The third kappa shape index (κ3) is 4.14. The Morgan fingerprint density at radius 1 is 1.16 bits per heavy atom. The number of rotatable bonds is 7. The summed E-state index contributed by atoms with van der Waals surface area (Å²) in [6.07, 6.45) is 8.86. The van der Waals surface area contributed by atoms with E-state index in [9.17, 15) is 4.79 Å². The molecule has 32 heavy (non-hydrogen) atoms. The normalized spacial score (nSPS) is 15.0. The number of benzene rings is 1. The van der Waals surface area contributed by atoms with E-state index in [0.29, 0.717) is 29.7 Å². The second kappa shape index (κ2) is 8.70. The van der Waals surface area contributed by atoms with Gasteiger partial charge in [-0.2, -0.15) is 5.10 Å². The second-order valence-electron chi connectivity index (χ2n) is 8.09. The van der Waals surface area contributed by atoms with E-state index in [-0.39, 0.29) is 5.91 Å². The summed E-state index contributed by atoms with van der Waals surface area (Å²) in [6, 6.07) is 16.3. The van der Waals surface area contributed by atoms with Crippen LogP contribution in [0.5, 0.6) is 0 Å². The van der Waals surface area contributed by atoms with Crippen LogP contribution in [0, 0.1) is 0 Å². The number of hydrogen-bond donors (Lipinski definition) is 1. The number of para-hydroxylation sites is 1. The van der Waals surface area contributed by atoms with Crippen LogP contribution in [0.4, 0.5) is 11.5 Å². The lowest BCUT2D eigenvalue weighted by molar-refractivity contribution is 0.102. The summed E-state index contributed by atoms with van der Waals surface area (Å²) in [5.41, 5.74) is 4.26. The number of aromatic nitrogens is 3. The highest BCUT2D eigenvalue weighted by molar-refractivity contribution is 6.04. The van der Waals surface area contributed by atoms with Gasteiger partial charge in [-0.15, -0.1) is 0 Å². The monoisotopic (exact) mass is 427 g/mol. The molecule has 5 rings (SSSR count). The van der Waals surface area contributed by atoms with E-state index >= 15 is 0 Å². The predicted octanol–water partition coefficient (Wildman–Crippen LogP) is 4.32. The second-order valence-corrected chi connectivity index (χ2v) is 8.09. The van der Waals surface area contributed by atoms with Gasteiger partial charge in [-0.05, 0) is 55.2 Å². The van der Waals surface area contributed by atoms with Crippen molar-refractivity contribution < 1.29 is 9.21 Å². The summed E-state index contributed by atoms with van der Waals surface area (Å²) in [6.45, 7) is 3.47. The Morgan fingerprint density at radius 3 is 2.88 bits per heavy atom. The predicted molar refractivity (Wildman–Crippen MR) is 123 cm³/mol. The van der Waals surface area contributed by atoms with Crippen LogP contribution in [0.3, 0.4) is 0 Å². The number of anilines is 2. The molecule has 7 heteroatoms. The fourth-order valence-electron chi connectivity index (χ4n) is 4.22. The minimum absolute atomic E-state index is 0.215. The summed E-state index contributed by atoms with van der Waals surface area (Å²) >= 11 is 0. The average molecular weight is 428 g/mol. The van der Waals surface area contributed by atoms with Gasteiger partial charge in [0.25, 0.3) is 5.91 Å². The maximum Gasteiger partial charge on any atom is 0.260 e. The number of amides is 1. The number of carbonyl (C=O) groups is 1. The Bertz CT molecular complexity index is 1210. The highest BCUT2D eigenvalue weighted by Gasteiger charge is 2.28. The van der Waals surface area contributed by atoms with E-state index in [4.69, 9.17) is 4.42 Å². The molecule has 1 atom stereocenters. The van der Waals surface area contributed by atoms with E-state index < -0.39 is 0 Å². The van der Waals surface area contributed by atoms with Crippen molar-refractivity contribution in [3.63, 3.8) is 0 Å². The molecule has 3 aromatic heterocycles. The number of pyridine rings is 1. The lowest BCUT2D eigenvalue weighted by Gasteiger charge is -2.24. The third-order valence-corrected chi connectivity index (χ3v) is 5.91. The van der Waals surface area contributed by atoms with Crippen molar-refractivity contribution in [3.8, 4) is 0 Å². The van der Waals surface area contributed by atoms with E-state index in [1.54, 1.807) is 24.7 Å². The largest absolute Gasteiger partial charge is 0.467 e. The van der Waals surface area contributed by atoms with Crippen molar-refractivity contribution >= 4 is 17.4 Å². The first-order chi connectivity index (χ1) is 15.7. The zero-order chi connectivity index (χ0) is 21.9. The fraction of sp³-hybridized carbons (Fsp3) is 0.240. The van der Waals surface area contributed by atoms with Gasteiger partial charge in [0, 0.05) is 42.9 Å². The van der Waals surface area contributed by atoms with E-state index in [0.717, 1.165) is 19.4 Å². The molecule has 1 aliphatic rings. The number of fused-ring (bicyclic) bond motifs is 1. The molecular weight excluding hydrogens is 402 g/mol. The van der Waals surface area contributed by atoms with Crippen LogP contribution in [0.25, 0.3) is 0 Å². The summed E-state index contributed by atoms with van der Waals surface area (Å²) in [5.74, 6) is 0.966. The van der Waals surface area contributed by atoms with Crippen LogP contribution in [-0.2, 0) is 25.9 Å². The minimum atomic E-state index is -0.215. The summed E-state index contributed by atoms with van der Waals surface area (Å²) in [4.78, 5) is 19.3. The van der Waals surface area contributed by atoms with Crippen LogP contribution in [-0.4, -0.2) is 26.7 Å². The standard InChI is InChI=1S/C25H25N5O2/c1-18-16-20-4-2-3-5-22(20)30(18)17-23-21(10-15-32-23)25(31)27-24-9-14-29(28-24)13-8-19-6-11-26-12-7-19/h2-7,9-12,14-15,18H,8,13,16-17H2,1H3,(H,27,28,31). The van der Waals surface area contributed by atoms with Gasteiger partial charge in [0.15, 0.2) is 5.82 Å². The van der Waals surface area contributed by atoms with E-state index in [1.165, 1.54) is 16.8 Å². The Kier molecular flexibility index (Phi) is 5.46. The topological polar surface area (TPSA) is 76.2 Å². The fourth-order valence-corrected chi connectivity index (χ4v) is 4.22. The number of nitrogens with zero attached hydrogens (tertiary/aromatic N) is 4. The van der Waals surface area contributed by atoms with E-state index in [2.05, 4.69) is 45.4 Å². The molecule has 4 heterocycles. The smallest absolute Gasteiger partial charge is 0.260 e. The SMILES string of the molecule is CC1Cc2ccccc2N1Cc1occc1C(=O)Nc1ccn(CCc2ccncc2)n1. The van der Waals surface area contributed by atoms with Crippen molar-refractivity contribution in [1.82, 2.24) is 14.8 Å². The Morgan fingerprint density at radius 2 is 2.00 bits per heavy atom. The maximum absolute atomic E-state index is 12.9. The first kappa shape index (κ1) is 20.1. The number of furan rings is 1. The summed E-state index contributed by atoms with van der Waals surface area (Å²) in [5, 5.41) is 7.38.